The molecule has 17 heavy (non-hydrogen) atoms. The number of fused-ring (bicyclic) bond motifs is 1. The standard InChI is InChI=1S/C13H15NO3/c1-2-12-13(17-9-16-12)7-11(1)15-8-10-3-5-14-6-4-10/h1-3,7,14H,4-6,8-9H2. The summed E-state index contributed by atoms with van der Waals surface area (Å²) in [5.74, 6) is 2.38. The zero-order chi connectivity index (χ0) is 11.5. The van der Waals surface area contributed by atoms with E-state index in [1.54, 1.807) is 0 Å². The predicted molar refractivity (Wildman–Crippen MR) is 63.6 cm³/mol. The Balaban J connectivity index is 1.63. The summed E-state index contributed by atoms with van der Waals surface area (Å²) in [4.78, 5) is 0. The highest BCUT2D eigenvalue weighted by Gasteiger charge is 2.13. The average Bonchev–Trinajstić information content (AvgIpc) is 2.85. The molecule has 0 unspecified atom stereocenters. The molecule has 0 atom stereocenters. The highest BCUT2D eigenvalue weighted by atomic mass is 16.7. The van der Waals surface area contributed by atoms with Crippen molar-refractivity contribution < 1.29 is 14.2 Å². The molecule has 2 heterocycles. The van der Waals surface area contributed by atoms with E-state index in [-0.39, 0.29) is 0 Å². The smallest absolute Gasteiger partial charge is 0.231 e. The monoisotopic (exact) mass is 233 g/mol. The van der Waals surface area contributed by atoms with Gasteiger partial charge in [-0.25, -0.2) is 0 Å². The maximum absolute atomic E-state index is 5.74. The number of hydrogen-bond acceptors (Lipinski definition) is 4. The van der Waals surface area contributed by atoms with Crippen LogP contribution in [-0.2, 0) is 0 Å². The third kappa shape index (κ3) is 2.36. The van der Waals surface area contributed by atoms with E-state index < -0.39 is 0 Å². The summed E-state index contributed by atoms with van der Waals surface area (Å²) in [7, 11) is 0. The number of benzene rings is 1. The van der Waals surface area contributed by atoms with Gasteiger partial charge in [-0.05, 0) is 30.7 Å². The van der Waals surface area contributed by atoms with E-state index in [1.807, 2.05) is 18.2 Å². The van der Waals surface area contributed by atoms with Gasteiger partial charge in [0.05, 0.1) is 0 Å². The molecule has 0 aliphatic carbocycles. The van der Waals surface area contributed by atoms with Gasteiger partial charge >= 0.3 is 0 Å². The summed E-state index contributed by atoms with van der Waals surface area (Å²) in [6.07, 6.45) is 3.25. The fraction of sp³-hybridized carbons (Fsp3) is 0.385. The van der Waals surface area contributed by atoms with Gasteiger partial charge in [0.1, 0.15) is 12.4 Å². The number of ether oxygens (including phenoxy) is 3. The number of rotatable bonds is 3. The molecule has 0 fully saturated rings. The Morgan fingerprint density at radius 3 is 3.06 bits per heavy atom. The van der Waals surface area contributed by atoms with Crippen LogP contribution in [0.15, 0.2) is 29.8 Å². The van der Waals surface area contributed by atoms with E-state index in [4.69, 9.17) is 14.2 Å². The van der Waals surface area contributed by atoms with E-state index in [0.29, 0.717) is 13.4 Å². The zero-order valence-corrected chi connectivity index (χ0v) is 9.57. The molecule has 1 aromatic rings. The molecule has 0 radical (unpaired) electrons. The van der Waals surface area contributed by atoms with Crippen LogP contribution in [0.4, 0.5) is 0 Å². The largest absolute Gasteiger partial charge is 0.489 e. The molecule has 0 bridgehead atoms. The second-order valence-corrected chi connectivity index (χ2v) is 4.12. The molecular weight excluding hydrogens is 218 g/mol. The fourth-order valence-corrected chi connectivity index (χ4v) is 1.94. The molecule has 4 heteroatoms. The second-order valence-electron chi connectivity index (χ2n) is 4.12. The van der Waals surface area contributed by atoms with Gasteiger partial charge in [-0.15, -0.1) is 0 Å². The van der Waals surface area contributed by atoms with Crippen molar-refractivity contribution in [2.24, 2.45) is 0 Å². The van der Waals surface area contributed by atoms with Crippen LogP contribution in [-0.4, -0.2) is 26.5 Å². The Kier molecular flexibility index (Phi) is 2.88. The van der Waals surface area contributed by atoms with Crippen LogP contribution >= 0.6 is 0 Å². The minimum absolute atomic E-state index is 0.301. The quantitative estimate of drug-likeness (QED) is 0.807. The van der Waals surface area contributed by atoms with Crippen LogP contribution in [0.1, 0.15) is 6.42 Å². The SMILES string of the molecule is C1=C(COc2ccc3c(c2)OCO3)CCNC1. The summed E-state index contributed by atoms with van der Waals surface area (Å²) < 4.78 is 16.3. The van der Waals surface area contributed by atoms with Crippen LogP contribution in [0.2, 0.25) is 0 Å². The minimum Gasteiger partial charge on any atom is -0.489 e. The molecule has 0 saturated heterocycles. The van der Waals surface area contributed by atoms with Crippen LogP contribution < -0.4 is 19.5 Å². The number of hydrogen-bond donors (Lipinski definition) is 1. The van der Waals surface area contributed by atoms with E-state index in [1.165, 1.54) is 5.57 Å². The third-order valence-corrected chi connectivity index (χ3v) is 2.93. The van der Waals surface area contributed by atoms with Gasteiger partial charge in [-0.2, -0.15) is 0 Å². The van der Waals surface area contributed by atoms with Crippen molar-refractivity contribution >= 4 is 0 Å². The van der Waals surface area contributed by atoms with Gasteiger partial charge in [0, 0.05) is 12.6 Å². The molecule has 1 N–H and O–H groups in total. The van der Waals surface area contributed by atoms with Crippen molar-refractivity contribution in [1.29, 1.82) is 0 Å². The maximum Gasteiger partial charge on any atom is 0.231 e. The van der Waals surface area contributed by atoms with Crippen molar-refractivity contribution in [2.75, 3.05) is 26.5 Å². The Morgan fingerprint density at radius 1 is 1.24 bits per heavy atom. The van der Waals surface area contributed by atoms with Crippen LogP contribution in [0.5, 0.6) is 17.2 Å². The molecule has 3 rings (SSSR count). The van der Waals surface area contributed by atoms with E-state index in [9.17, 15) is 0 Å². The molecule has 0 saturated carbocycles. The predicted octanol–water partition coefficient (Wildman–Crippen LogP) is 1.71. The lowest BCUT2D eigenvalue weighted by molar-refractivity contribution is 0.174. The van der Waals surface area contributed by atoms with Gasteiger partial charge in [0.25, 0.3) is 0 Å². The van der Waals surface area contributed by atoms with Crippen molar-refractivity contribution in [3.63, 3.8) is 0 Å². The van der Waals surface area contributed by atoms with Crippen molar-refractivity contribution in [3.8, 4) is 17.2 Å². The molecule has 0 amide bonds. The Hall–Kier alpha value is -1.68. The molecule has 0 spiro atoms. The Labute approximate surface area is 100 Å². The fourth-order valence-electron chi connectivity index (χ4n) is 1.94. The van der Waals surface area contributed by atoms with E-state index in [0.717, 1.165) is 36.8 Å². The summed E-state index contributed by atoms with van der Waals surface area (Å²) in [6.45, 7) is 2.94. The Morgan fingerprint density at radius 2 is 2.18 bits per heavy atom. The normalized spacial score (nSPS) is 17.8. The second kappa shape index (κ2) is 4.67. The summed E-state index contributed by atoms with van der Waals surface area (Å²) in [5.41, 5.74) is 1.35. The van der Waals surface area contributed by atoms with Gasteiger partial charge in [-0.3, -0.25) is 0 Å². The molecule has 2 aliphatic heterocycles. The zero-order valence-electron chi connectivity index (χ0n) is 9.57. The molecule has 90 valence electrons. The highest BCUT2D eigenvalue weighted by molar-refractivity contribution is 5.46. The molecule has 4 nitrogen and oxygen atoms in total. The van der Waals surface area contributed by atoms with E-state index >= 15 is 0 Å². The summed E-state index contributed by atoms with van der Waals surface area (Å²) in [5, 5.41) is 3.28. The average molecular weight is 233 g/mol. The third-order valence-electron chi connectivity index (χ3n) is 2.93. The lowest BCUT2D eigenvalue weighted by Crippen LogP contribution is -2.22. The van der Waals surface area contributed by atoms with Gasteiger partial charge in [0.15, 0.2) is 11.5 Å². The van der Waals surface area contributed by atoms with Crippen molar-refractivity contribution in [1.82, 2.24) is 5.32 Å². The first-order valence-electron chi connectivity index (χ1n) is 5.83. The van der Waals surface area contributed by atoms with Gasteiger partial charge in [0.2, 0.25) is 6.79 Å². The molecule has 2 aliphatic rings. The first-order chi connectivity index (χ1) is 8.42. The maximum atomic E-state index is 5.74. The lowest BCUT2D eigenvalue weighted by atomic mass is 10.1. The highest BCUT2D eigenvalue weighted by Crippen LogP contribution is 2.35. The summed E-state index contributed by atoms with van der Waals surface area (Å²) in [6, 6.07) is 5.67. The van der Waals surface area contributed by atoms with Crippen LogP contribution in [0.3, 0.4) is 0 Å². The minimum atomic E-state index is 0.301. The topological polar surface area (TPSA) is 39.7 Å². The van der Waals surface area contributed by atoms with Gasteiger partial charge in [-0.1, -0.05) is 6.08 Å². The molecular formula is C13H15NO3. The Bertz CT molecular complexity index is 442. The van der Waals surface area contributed by atoms with Crippen molar-refractivity contribution in [2.45, 2.75) is 6.42 Å². The summed E-state index contributed by atoms with van der Waals surface area (Å²) >= 11 is 0. The van der Waals surface area contributed by atoms with Crippen LogP contribution in [0, 0.1) is 0 Å². The molecule has 1 aromatic carbocycles. The first-order valence-corrected chi connectivity index (χ1v) is 5.83. The van der Waals surface area contributed by atoms with Crippen molar-refractivity contribution in [3.05, 3.63) is 29.8 Å². The van der Waals surface area contributed by atoms with Crippen LogP contribution in [0.25, 0.3) is 0 Å². The molecule has 0 aromatic heterocycles. The van der Waals surface area contributed by atoms with E-state index in [2.05, 4.69) is 11.4 Å². The first kappa shape index (κ1) is 10.5. The lowest BCUT2D eigenvalue weighted by Gasteiger charge is -2.14. The van der Waals surface area contributed by atoms with Gasteiger partial charge < -0.3 is 19.5 Å². The number of nitrogens with one attached hydrogen (secondary N) is 1.